The Morgan fingerprint density at radius 3 is 3.28 bits per heavy atom. The van der Waals surface area contributed by atoms with Crippen LogP contribution in [-0.4, -0.2) is 31.8 Å². The molecule has 1 aromatic heterocycles. The Labute approximate surface area is 110 Å². The average Bonchev–Trinajstić information content (AvgIpc) is 2.94. The third kappa shape index (κ3) is 2.15. The van der Waals surface area contributed by atoms with Gasteiger partial charge in [0.15, 0.2) is 5.13 Å². The van der Waals surface area contributed by atoms with Gasteiger partial charge in [-0.1, -0.05) is 11.3 Å². The first kappa shape index (κ1) is 11.7. The summed E-state index contributed by atoms with van der Waals surface area (Å²) in [4.78, 5) is 7.03. The molecule has 0 amide bonds. The highest BCUT2D eigenvalue weighted by Gasteiger charge is 2.24. The normalized spacial score (nSPS) is 19.8. The largest absolute Gasteiger partial charge is 0.399 e. The van der Waals surface area contributed by atoms with Gasteiger partial charge < -0.3 is 15.4 Å². The van der Waals surface area contributed by atoms with E-state index in [-0.39, 0.29) is 0 Å². The number of nitrogens with two attached hydrogens (primary N) is 1. The van der Waals surface area contributed by atoms with E-state index >= 15 is 0 Å². The van der Waals surface area contributed by atoms with Crippen molar-refractivity contribution in [1.29, 1.82) is 0 Å². The minimum absolute atomic E-state index is 0.632. The first-order valence-electron chi connectivity index (χ1n) is 6.16. The number of ether oxygens (including phenoxy) is 1. The fourth-order valence-electron chi connectivity index (χ4n) is 2.44. The highest BCUT2D eigenvalue weighted by Crippen LogP contribution is 2.32. The van der Waals surface area contributed by atoms with Crippen LogP contribution in [0.25, 0.3) is 10.2 Å². The number of nitrogen functional groups attached to an aromatic ring is 1. The second kappa shape index (κ2) is 4.74. The number of nitrogens with zero attached hydrogens (tertiary/aromatic N) is 2. The summed E-state index contributed by atoms with van der Waals surface area (Å²) in [5.74, 6) is 0.632. The topological polar surface area (TPSA) is 51.4 Å². The molecule has 4 nitrogen and oxygen atoms in total. The van der Waals surface area contributed by atoms with Crippen molar-refractivity contribution in [2.24, 2.45) is 5.92 Å². The first-order chi connectivity index (χ1) is 8.76. The lowest BCUT2D eigenvalue weighted by molar-refractivity contribution is 0.161. The molecule has 0 radical (unpaired) electrons. The molecule has 2 N–H and O–H groups in total. The highest BCUT2D eigenvalue weighted by atomic mass is 32.1. The molecule has 0 spiro atoms. The van der Waals surface area contributed by atoms with Crippen molar-refractivity contribution in [2.45, 2.75) is 6.42 Å². The van der Waals surface area contributed by atoms with Crippen LogP contribution in [0.5, 0.6) is 0 Å². The van der Waals surface area contributed by atoms with E-state index in [9.17, 15) is 0 Å². The van der Waals surface area contributed by atoms with Gasteiger partial charge in [0.1, 0.15) is 0 Å². The summed E-state index contributed by atoms with van der Waals surface area (Å²) in [5.41, 5.74) is 7.64. The molecule has 1 atom stereocenters. The Hall–Kier alpha value is -1.33. The van der Waals surface area contributed by atoms with Crippen LogP contribution in [0.15, 0.2) is 18.2 Å². The number of hydrogen-bond donors (Lipinski definition) is 1. The van der Waals surface area contributed by atoms with E-state index in [1.807, 2.05) is 18.2 Å². The number of thiazole rings is 1. The van der Waals surface area contributed by atoms with Crippen LogP contribution in [0.1, 0.15) is 6.42 Å². The Morgan fingerprint density at radius 1 is 1.56 bits per heavy atom. The Kier molecular flexibility index (Phi) is 3.09. The number of fused-ring (bicyclic) bond motifs is 1. The van der Waals surface area contributed by atoms with E-state index in [1.165, 1.54) is 11.1 Å². The van der Waals surface area contributed by atoms with Gasteiger partial charge in [-0.3, -0.25) is 0 Å². The van der Waals surface area contributed by atoms with Crippen molar-refractivity contribution >= 4 is 32.4 Å². The van der Waals surface area contributed by atoms with Crippen molar-refractivity contribution in [3.8, 4) is 0 Å². The second-order valence-electron chi connectivity index (χ2n) is 4.78. The molecule has 0 bridgehead atoms. The van der Waals surface area contributed by atoms with Crippen molar-refractivity contribution in [3.63, 3.8) is 0 Å². The van der Waals surface area contributed by atoms with Crippen LogP contribution in [0.2, 0.25) is 0 Å². The molecule has 0 aliphatic carbocycles. The van der Waals surface area contributed by atoms with Gasteiger partial charge in [0.25, 0.3) is 0 Å². The van der Waals surface area contributed by atoms with E-state index in [0.29, 0.717) is 5.92 Å². The third-order valence-corrected chi connectivity index (χ3v) is 4.44. The van der Waals surface area contributed by atoms with Gasteiger partial charge in [-0.15, -0.1) is 0 Å². The minimum Gasteiger partial charge on any atom is -0.399 e. The van der Waals surface area contributed by atoms with Crippen LogP contribution in [0.4, 0.5) is 10.8 Å². The number of anilines is 2. The molecule has 1 aliphatic heterocycles. The zero-order valence-corrected chi connectivity index (χ0v) is 11.2. The van der Waals surface area contributed by atoms with Gasteiger partial charge in [0, 0.05) is 31.8 Å². The summed E-state index contributed by atoms with van der Waals surface area (Å²) in [6, 6.07) is 5.90. The molecule has 0 saturated carbocycles. The third-order valence-electron chi connectivity index (χ3n) is 3.36. The monoisotopic (exact) mass is 263 g/mol. The number of benzene rings is 1. The standard InChI is InChI=1S/C13H17N3OS/c1-17-8-9-4-5-16(7-9)13-15-11-3-2-10(14)6-12(11)18-13/h2-3,6,9H,4-5,7-8,14H2,1H3. The van der Waals surface area contributed by atoms with Gasteiger partial charge in [0.2, 0.25) is 0 Å². The Morgan fingerprint density at radius 2 is 2.44 bits per heavy atom. The van der Waals surface area contributed by atoms with Gasteiger partial charge in [0.05, 0.1) is 16.8 Å². The summed E-state index contributed by atoms with van der Waals surface area (Å²) in [5, 5.41) is 1.11. The maximum absolute atomic E-state index is 5.80. The fraction of sp³-hybridized carbons (Fsp3) is 0.462. The number of hydrogen-bond acceptors (Lipinski definition) is 5. The number of methoxy groups -OCH3 is 1. The zero-order chi connectivity index (χ0) is 12.5. The SMILES string of the molecule is COCC1CCN(c2nc3ccc(N)cc3s2)C1. The molecular formula is C13H17N3OS. The van der Waals surface area contributed by atoms with E-state index in [0.717, 1.165) is 36.0 Å². The summed E-state index contributed by atoms with van der Waals surface area (Å²) in [6.07, 6.45) is 1.19. The maximum Gasteiger partial charge on any atom is 0.186 e. The zero-order valence-electron chi connectivity index (χ0n) is 10.4. The first-order valence-corrected chi connectivity index (χ1v) is 6.98. The molecule has 1 aromatic carbocycles. The predicted molar refractivity (Wildman–Crippen MR) is 76.2 cm³/mol. The van der Waals surface area contributed by atoms with Crippen LogP contribution < -0.4 is 10.6 Å². The minimum atomic E-state index is 0.632. The number of rotatable bonds is 3. The lowest BCUT2D eigenvalue weighted by Crippen LogP contribution is -2.20. The van der Waals surface area contributed by atoms with Gasteiger partial charge in [-0.05, 0) is 24.6 Å². The maximum atomic E-state index is 5.80. The molecule has 5 heteroatoms. The van der Waals surface area contributed by atoms with E-state index in [4.69, 9.17) is 10.5 Å². The second-order valence-corrected chi connectivity index (χ2v) is 5.79. The summed E-state index contributed by atoms with van der Waals surface area (Å²) in [7, 11) is 1.77. The van der Waals surface area contributed by atoms with Crippen LogP contribution in [0.3, 0.4) is 0 Å². The molecule has 2 heterocycles. The van der Waals surface area contributed by atoms with Gasteiger partial charge in [-0.25, -0.2) is 4.98 Å². The lowest BCUT2D eigenvalue weighted by atomic mass is 10.1. The van der Waals surface area contributed by atoms with E-state index < -0.39 is 0 Å². The van der Waals surface area contributed by atoms with Crippen molar-refractivity contribution in [2.75, 3.05) is 37.4 Å². The summed E-state index contributed by atoms with van der Waals surface area (Å²) >= 11 is 1.72. The molecule has 1 saturated heterocycles. The van der Waals surface area contributed by atoms with Crippen molar-refractivity contribution in [3.05, 3.63) is 18.2 Å². The van der Waals surface area contributed by atoms with Crippen molar-refractivity contribution in [1.82, 2.24) is 4.98 Å². The highest BCUT2D eigenvalue weighted by molar-refractivity contribution is 7.22. The lowest BCUT2D eigenvalue weighted by Gasteiger charge is -2.14. The summed E-state index contributed by atoms with van der Waals surface area (Å²) < 4.78 is 6.39. The molecule has 2 aromatic rings. The molecule has 1 aliphatic rings. The van der Waals surface area contributed by atoms with Gasteiger partial charge in [-0.2, -0.15) is 0 Å². The molecule has 18 heavy (non-hydrogen) atoms. The smallest absolute Gasteiger partial charge is 0.186 e. The number of aromatic nitrogens is 1. The quantitative estimate of drug-likeness (QED) is 0.864. The fourth-order valence-corrected chi connectivity index (χ4v) is 3.49. The van der Waals surface area contributed by atoms with E-state index in [2.05, 4.69) is 9.88 Å². The Balaban J connectivity index is 1.82. The predicted octanol–water partition coefficient (Wildman–Crippen LogP) is 2.35. The van der Waals surface area contributed by atoms with Gasteiger partial charge >= 0.3 is 0 Å². The average molecular weight is 263 g/mol. The summed E-state index contributed by atoms with van der Waals surface area (Å²) in [6.45, 7) is 2.96. The van der Waals surface area contributed by atoms with Crippen molar-refractivity contribution < 1.29 is 4.74 Å². The molecular weight excluding hydrogens is 246 g/mol. The van der Waals surface area contributed by atoms with Crippen LogP contribution in [0, 0.1) is 5.92 Å². The molecule has 1 unspecified atom stereocenters. The molecule has 96 valence electrons. The van der Waals surface area contributed by atoms with Crippen LogP contribution >= 0.6 is 11.3 Å². The van der Waals surface area contributed by atoms with E-state index in [1.54, 1.807) is 18.4 Å². The molecule has 3 rings (SSSR count). The van der Waals surface area contributed by atoms with Crippen LogP contribution in [-0.2, 0) is 4.74 Å². The molecule has 1 fully saturated rings. The Bertz CT molecular complexity index is 554.